The Morgan fingerprint density at radius 3 is 2.60 bits per heavy atom. The molecular formula is C7H10O3. The molecule has 3 atom stereocenters. The largest absolute Gasteiger partial charge is 0.481 e. The minimum absolute atomic E-state index is 0.0561. The van der Waals surface area contributed by atoms with Crippen LogP contribution < -0.4 is 0 Å². The second-order valence-corrected chi connectivity index (χ2v) is 3.41. The summed E-state index contributed by atoms with van der Waals surface area (Å²) in [6.07, 6.45) is 1.73. The second kappa shape index (κ2) is 1.53. The van der Waals surface area contributed by atoms with E-state index >= 15 is 0 Å². The lowest BCUT2D eigenvalue weighted by atomic mass is 10.2. The normalized spacial score (nSPS) is 49.3. The van der Waals surface area contributed by atoms with Gasteiger partial charge in [-0.1, -0.05) is 0 Å². The standard InChI is InChI=1S/C7H10O3/c8-3-4-1-7(4)2-5(7)6(9)10/h4-5,8H,1-3H2,(H,9,10)/t4-,5+,7-/m1/s1. The number of aliphatic hydroxyl groups excluding tert-OH is 1. The lowest BCUT2D eigenvalue weighted by Gasteiger charge is -1.88. The van der Waals surface area contributed by atoms with E-state index in [0.29, 0.717) is 5.92 Å². The molecule has 0 aliphatic heterocycles. The Kier molecular flexibility index (Phi) is 0.944. The van der Waals surface area contributed by atoms with Crippen LogP contribution in [0.5, 0.6) is 0 Å². The second-order valence-electron chi connectivity index (χ2n) is 3.41. The predicted octanol–water partition coefficient (Wildman–Crippen LogP) is 0.0895. The van der Waals surface area contributed by atoms with Gasteiger partial charge in [-0.15, -0.1) is 0 Å². The van der Waals surface area contributed by atoms with Crippen molar-refractivity contribution in [3.63, 3.8) is 0 Å². The van der Waals surface area contributed by atoms with Crippen LogP contribution in [0, 0.1) is 17.3 Å². The van der Waals surface area contributed by atoms with E-state index < -0.39 is 5.97 Å². The average molecular weight is 142 g/mol. The highest BCUT2D eigenvalue weighted by atomic mass is 16.4. The van der Waals surface area contributed by atoms with Gasteiger partial charge in [0.1, 0.15) is 0 Å². The summed E-state index contributed by atoms with van der Waals surface area (Å²) < 4.78 is 0. The van der Waals surface area contributed by atoms with Crippen molar-refractivity contribution >= 4 is 5.97 Å². The van der Waals surface area contributed by atoms with E-state index in [9.17, 15) is 4.79 Å². The fraction of sp³-hybridized carbons (Fsp3) is 0.857. The summed E-state index contributed by atoms with van der Waals surface area (Å²) in [4.78, 5) is 10.4. The van der Waals surface area contributed by atoms with Crippen LogP contribution in [-0.2, 0) is 4.79 Å². The minimum Gasteiger partial charge on any atom is -0.481 e. The third-order valence-corrected chi connectivity index (χ3v) is 2.92. The number of hydrogen-bond donors (Lipinski definition) is 2. The van der Waals surface area contributed by atoms with Crippen molar-refractivity contribution in [2.24, 2.45) is 17.3 Å². The smallest absolute Gasteiger partial charge is 0.307 e. The first kappa shape index (κ1) is 6.16. The van der Waals surface area contributed by atoms with Gasteiger partial charge in [-0.25, -0.2) is 0 Å². The van der Waals surface area contributed by atoms with E-state index in [1.807, 2.05) is 0 Å². The Labute approximate surface area is 58.7 Å². The zero-order chi connectivity index (χ0) is 7.35. The molecule has 0 aromatic heterocycles. The summed E-state index contributed by atoms with van der Waals surface area (Å²) in [7, 11) is 0. The number of rotatable bonds is 2. The maximum atomic E-state index is 10.4. The van der Waals surface area contributed by atoms with Crippen molar-refractivity contribution in [1.29, 1.82) is 0 Å². The molecule has 0 heterocycles. The van der Waals surface area contributed by atoms with Gasteiger partial charge >= 0.3 is 5.97 Å². The lowest BCUT2D eigenvalue weighted by molar-refractivity contribution is -0.139. The Morgan fingerprint density at radius 2 is 2.30 bits per heavy atom. The van der Waals surface area contributed by atoms with Gasteiger partial charge in [-0.3, -0.25) is 4.79 Å². The monoisotopic (exact) mass is 142 g/mol. The molecule has 0 saturated heterocycles. The van der Waals surface area contributed by atoms with E-state index in [0.717, 1.165) is 12.8 Å². The molecule has 2 saturated carbocycles. The van der Waals surface area contributed by atoms with Crippen LogP contribution in [0.4, 0.5) is 0 Å². The number of carboxylic acids is 1. The van der Waals surface area contributed by atoms with Gasteiger partial charge in [0.2, 0.25) is 0 Å². The van der Waals surface area contributed by atoms with Crippen molar-refractivity contribution in [3.8, 4) is 0 Å². The Hall–Kier alpha value is -0.570. The molecule has 0 amide bonds. The van der Waals surface area contributed by atoms with Crippen LogP contribution in [0.25, 0.3) is 0 Å². The molecule has 3 nitrogen and oxygen atoms in total. The topological polar surface area (TPSA) is 57.5 Å². The number of carboxylic acid groups (broad SMARTS) is 1. The highest BCUT2D eigenvalue weighted by molar-refractivity contribution is 5.76. The van der Waals surface area contributed by atoms with Crippen molar-refractivity contribution in [1.82, 2.24) is 0 Å². The van der Waals surface area contributed by atoms with Crippen LogP contribution in [0.2, 0.25) is 0 Å². The van der Waals surface area contributed by atoms with Gasteiger partial charge < -0.3 is 10.2 Å². The van der Waals surface area contributed by atoms with E-state index in [2.05, 4.69) is 0 Å². The third-order valence-electron chi connectivity index (χ3n) is 2.92. The SMILES string of the molecule is O=C(O)[C@@H]1C[C@@]12C[C@@H]2CO. The molecule has 2 aliphatic carbocycles. The molecule has 1 spiro atoms. The quantitative estimate of drug-likeness (QED) is 0.574. The van der Waals surface area contributed by atoms with E-state index in [4.69, 9.17) is 10.2 Å². The number of aliphatic carboxylic acids is 1. The zero-order valence-electron chi connectivity index (χ0n) is 5.58. The fourth-order valence-electron chi connectivity index (χ4n) is 1.98. The van der Waals surface area contributed by atoms with E-state index in [-0.39, 0.29) is 17.9 Å². The molecular weight excluding hydrogens is 132 g/mol. The summed E-state index contributed by atoms with van der Waals surface area (Å²) in [5.74, 6) is -0.519. The molecule has 2 fully saturated rings. The first-order chi connectivity index (χ1) is 4.70. The van der Waals surface area contributed by atoms with Gasteiger partial charge in [0.25, 0.3) is 0 Å². The number of aliphatic hydroxyl groups is 1. The van der Waals surface area contributed by atoms with Crippen LogP contribution >= 0.6 is 0 Å². The summed E-state index contributed by atoms with van der Waals surface area (Å²) >= 11 is 0. The van der Waals surface area contributed by atoms with Crippen molar-refractivity contribution in [2.45, 2.75) is 12.8 Å². The van der Waals surface area contributed by atoms with Gasteiger partial charge in [0.05, 0.1) is 5.92 Å². The molecule has 0 aromatic carbocycles. The summed E-state index contributed by atoms with van der Waals surface area (Å²) in [5, 5.41) is 17.2. The zero-order valence-corrected chi connectivity index (χ0v) is 5.58. The van der Waals surface area contributed by atoms with Crippen molar-refractivity contribution in [3.05, 3.63) is 0 Å². The van der Waals surface area contributed by atoms with Gasteiger partial charge in [-0.2, -0.15) is 0 Å². The fourth-order valence-corrected chi connectivity index (χ4v) is 1.98. The maximum Gasteiger partial charge on any atom is 0.307 e. The molecule has 0 radical (unpaired) electrons. The number of hydrogen-bond acceptors (Lipinski definition) is 2. The molecule has 2 N–H and O–H groups in total. The van der Waals surface area contributed by atoms with Gasteiger partial charge in [0.15, 0.2) is 0 Å². The van der Waals surface area contributed by atoms with E-state index in [1.54, 1.807) is 0 Å². The molecule has 0 bridgehead atoms. The van der Waals surface area contributed by atoms with Crippen molar-refractivity contribution < 1.29 is 15.0 Å². The maximum absolute atomic E-state index is 10.4. The lowest BCUT2D eigenvalue weighted by Crippen LogP contribution is -2.01. The number of carbonyl (C=O) groups is 1. The molecule has 2 rings (SSSR count). The van der Waals surface area contributed by atoms with Crippen LogP contribution in [0.3, 0.4) is 0 Å². The third kappa shape index (κ3) is 0.560. The first-order valence-electron chi connectivity index (χ1n) is 3.54. The van der Waals surface area contributed by atoms with Crippen LogP contribution in [0.15, 0.2) is 0 Å². The molecule has 0 aromatic rings. The molecule has 56 valence electrons. The summed E-state index contributed by atoms with van der Waals surface area (Å²) in [6, 6.07) is 0. The van der Waals surface area contributed by atoms with Gasteiger partial charge in [-0.05, 0) is 24.2 Å². The molecule has 2 aliphatic rings. The van der Waals surface area contributed by atoms with Crippen LogP contribution in [0.1, 0.15) is 12.8 Å². The first-order valence-corrected chi connectivity index (χ1v) is 3.54. The minimum atomic E-state index is -0.684. The molecule has 10 heavy (non-hydrogen) atoms. The average Bonchev–Trinajstić information content (AvgIpc) is 2.73. The predicted molar refractivity (Wildman–Crippen MR) is 33.4 cm³/mol. The molecule has 3 heteroatoms. The van der Waals surface area contributed by atoms with E-state index in [1.165, 1.54) is 0 Å². The Balaban J connectivity index is 1.97. The summed E-state index contributed by atoms with van der Waals surface area (Å²) in [6.45, 7) is 0.170. The highest BCUT2D eigenvalue weighted by Gasteiger charge is 2.72. The Bertz CT molecular complexity index is 189. The van der Waals surface area contributed by atoms with Crippen molar-refractivity contribution in [2.75, 3.05) is 6.61 Å². The Morgan fingerprint density at radius 1 is 1.60 bits per heavy atom. The highest BCUT2D eigenvalue weighted by Crippen LogP contribution is 2.74. The molecule has 0 unspecified atom stereocenters. The van der Waals surface area contributed by atoms with Gasteiger partial charge in [0, 0.05) is 6.61 Å². The summed E-state index contributed by atoms with van der Waals surface area (Å²) in [5.41, 5.74) is 0.0561. The van der Waals surface area contributed by atoms with Crippen LogP contribution in [-0.4, -0.2) is 22.8 Å².